The fourth-order valence-corrected chi connectivity index (χ4v) is 8.58. The molecule has 2 aliphatic rings. The van der Waals surface area contributed by atoms with Gasteiger partial charge in [-0.25, -0.2) is 0 Å². The molecule has 0 nitrogen and oxygen atoms in total. The maximum absolute atomic E-state index is 2.51. The van der Waals surface area contributed by atoms with Gasteiger partial charge in [0.2, 0.25) is 0 Å². The monoisotopic (exact) mass is 474 g/mol. The van der Waals surface area contributed by atoms with Crippen LogP contribution in [0.5, 0.6) is 0 Å². The molecule has 0 unspecified atom stereocenters. The van der Waals surface area contributed by atoms with Gasteiger partial charge in [-0.1, -0.05) is 90.0 Å². The summed E-state index contributed by atoms with van der Waals surface area (Å²) in [6.45, 7) is 4.39. The maximum Gasteiger partial charge on any atom is -0.00626 e. The van der Waals surface area contributed by atoms with Gasteiger partial charge in [-0.3, -0.25) is 0 Å². The van der Waals surface area contributed by atoms with Crippen molar-refractivity contribution >= 4 is 23.8 Å². The average Bonchev–Trinajstić information content (AvgIpc) is 2.90. The van der Waals surface area contributed by atoms with Crippen LogP contribution in [0.2, 0.25) is 0 Å². The van der Waals surface area contributed by atoms with Gasteiger partial charge < -0.3 is 0 Å². The van der Waals surface area contributed by atoms with E-state index in [0.29, 0.717) is 0 Å². The van der Waals surface area contributed by atoms with Crippen molar-refractivity contribution < 1.29 is 0 Å². The minimum atomic E-state index is -0.644. The molecular formula is C34H35P. The van der Waals surface area contributed by atoms with Gasteiger partial charge in [0.15, 0.2) is 0 Å². The van der Waals surface area contributed by atoms with Crippen LogP contribution < -0.4 is 15.9 Å². The first-order chi connectivity index (χ1) is 17.2. The Kier molecular flexibility index (Phi) is 6.34. The van der Waals surface area contributed by atoms with Crippen LogP contribution in [0.15, 0.2) is 78.9 Å². The number of benzene rings is 4. The molecule has 0 saturated carbocycles. The largest absolute Gasteiger partial charge is 0.0614 e. The molecule has 1 heteroatoms. The normalized spacial score (nSPS) is 15.1. The minimum Gasteiger partial charge on any atom is -0.0614 e. The van der Waals surface area contributed by atoms with E-state index in [1.165, 1.54) is 78.7 Å². The molecule has 0 aliphatic heterocycles. The van der Waals surface area contributed by atoms with E-state index in [0.717, 1.165) is 0 Å². The van der Waals surface area contributed by atoms with Crippen molar-refractivity contribution in [3.63, 3.8) is 0 Å². The van der Waals surface area contributed by atoms with Crippen LogP contribution >= 0.6 is 7.92 Å². The van der Waals surface area contributed by atoms with Crippen LogP contribution in [0.1, 0.15) is 59.1 Å². The smallest absolute Gasteiger partial charge is 0.00626 e. The Morgan fingerprint density at radius 3 is 1.69 bits per heavy atom. The number of hydrogen-bond acceptors (Lipinski definition) is 0. The lowest BCUT2D eigenvalue weighted by Crippen LogP contribution is -2.25. The molecule has 0 saturated heterocycles. The van der Waals surface area contributed by atoms with Crippen LogP contribution in [0, 0.1) is 13.8 Å². The zero-order valence-electron chi connectivity index (χ0n) is 21.1. The van der Waals surface area contributed by atoms with Gasteiger partial charge in [0.1, 0.15) is 0 Å². The molecule has 0 aromatic heterocycles. The molecule has 0 radical (unpaired) electrons. The number of fused-ring (bicyclic) bond motifs is 2. The summed E-state index contributed by atoms with van der Waals surface area (Å²) in [5, 5.41) is 4.46. The Balaban J connectivity index is 1.64. The first-order valence-electron chi connectivity index (χ1n) is 13.4. The molecule has 0 bridgehead atoms. The fourth-order valence-electron chi connectivity index (χ4n) is 6.13. The van der Waals surface area contributed by atoms with E-state index < -0.39 is 7.92 Å². The molecule has 35 heavy (non-hydrogen) atoms. The van der Waals surface area contributed by atoms with E-state index in [-0.39, 0.29) is 0 Å². The van der Waals surface area contributed by atoms with Gasteiger partial charge in [-0.2, -0.15) is 0 Å². The second kappa shape index (κ2) is 9.75. The lowest BCUT2D eigenvalue weighted by atomic mass is 9.81. The van der Waals surface area contributed by atoms with Gasteiger partial charge >= 0.3 is 0 Å². The topological polar surface area (TPSA) is 0 Å². The highest BCUT2D eigenvalue weighted by atomic mass is 31.1. The number of hydrogen-bond donors (Lipinski definition) is 0. The highest BCUT2D eigenvalue weighted by Crippen LogP contribution is 2.43. The predicted molar refractivity (Wildman–Crippen MR) is 153 cm³/mol. The Labute approximate surface area is 212 Å². The molecule has 6 rings (SSSR count). The quantitative estimate of drug-likeness (QED) is 0.269. The summed E-state index contributed by atoms with van der Waals surface area (Å²) in [4.78, 5) is 0. The van der Waals surface area contributed by atoms with Gasteiger partial charge in [0.05, 0.1) is 0 Å². The molecule has 4 aromatic rings. The van der Waals surface area contributed by atoms with Crippen molar-refractivity contribution in [3.8, 4) is 11.1 Å². The highest BCUT2D eigenvalue weighted by Gasteiger charge is 2.27. The molecule has 2 aliphatic carbocycles. The minimum absolute atomic E-state index is 0.644. The maximum atomic E-state index is 2.51. The van der Waals surface area contributed by atoms with Gasteiger partial charge in [-0.05, 0) is 122 Å². The predicted octanol–water partition coefficient (Wildman–Crippen LogP) is 7.49. The van der Waals surface area contributed by atoms with Gasteiger partial charge in [0.25, 0.3) is 0 Å². The van der Waals surface area contributed by atoms with E-state index in [9.17, 15) is 0 Å². The molecule has 176 valence electrons. The summed E-state index contributed by atoms with van der Waals surface area (Å²) >= 11 is 0. The average molecular weight is 475 g/mol. The van der Waals surface area contributed by atoms with E-state index in [1.54, 1.807) is 33.1 Å². The third-order valence-corrected chi connectivity index (χ3v) is 10.5. The lowest BCUT2D eigenvalue weighted by Gasteiger charge is -2.30. The summed E-state index contributed by atoms with van der Waals surface area (Å²) in [6.07, 6.45) is 10.2. The SMILES string of the molecule is Cc1ccc(P(c2ccc(C)cc2)c2ccc3c(c2-c2cccc4c2CCCC4)CCCC3)cc1. The van der Waals surface area contributed by atoms with Crippen LogP contribution in [0.3, 0.4) is 0 Å². The fraction of sp³-hybridized carbons (Fsp3) is 0.294. The molecule has 0 spiro atoms. The van der Waals surface area contributed by atoms with E-state index in [4.69, 9.17) is 0 Å². The summed E-state index contributed by atoms with van der Waals surface area (Å²) < 4.78 is 0. The van der Waals surface area contributed by atoms with Crippen LogP contribution in [0.4, 0.5) is 0 Å². The van der Waals surface area contributed by atoms with Crippen molar-refractivity contribution in [2.45, 2.75) is 65.2 Å². The molecule has 0 heterocycles. The molecular weight excluding hydrogens is 439 g/mol. The van der Waals surface area contributed by atoms with Crippen molar-refractivity contribution in [2.24, 2.45) is 0 Å². The van der Waals surface area contributed by atoms with E-state index in [2.05, 4.69) is 92.7 Å². The Bertz CT molecular complexity index is 1300. The third kappa shape index (κ3) is 4.39. The first-order valence-corrected chi connectivity index (χ1v) is 14.7. The van der Waals surface area contributed by atoms with Crippen LogP contribution in [0.25, 0.3) is 11.1 Å². The molecule has 0 fully saturated rings. The second-order valence-electron chi connectivity index (χ2n) is 10.5. The Hall–Kier alpha value is -2.69. The Morgan fingerprint density at radius 1 is 0.514 bits per heavy atom. The van der Waals surface area contributed by atoms with Crippen molar-refractivity contribution in [3.05, 3.63) is 112 Å². The molecule has 4 aromatic carbocycles. The molecule has 0 N–H and O–H groups in total. The van der Waals surface area contributed by atoms with Gasteiger partial charge in [0, 0.05) is 0 Å². The number of aryl methyl sites for hydroxylation is 4. The summed E-state index contributed by atoms with van der Waals surface area (Å²) in [5.74, 6) is 0. The van der Waals surface area contributed by atoms with E-state index in [1.807, 2.05) is 0 Å². The number of rotatable bonds is 4. The third-order valence-electron chi connectivity index (χ3n) is 8.00. The second-order valence-corrected chi connectivity index (χ2v) is 12.6. The van der Waals surface area contributed by atoms with Crippen LogP contribution in [-0.4, -0.2) is 0 Å². The van der Waals surface area contributed by atoms with Gasteiger partial charge in [-0.15, -0.1) is 0 Å². The summed E-state index contributed by atoms with van der Waals surface area (Å²) in [7, 11) is -0.644. The van der Waals surface area contributed by atoms with Crippen molar-refractivity contribution in [2.75, 3.05) is 0 Å². The standard InChI is InChI=1S/C34H35P/c1-24-14-19-28(20-15-24)35(29-21-16-25(2)17-22-29)33-23-18-27-9-4-6-12-31(27)34(33)32-13-7-10-26-8-3-5-11-30(26)32/h7,10,13-23H,3-6,8-9,11-12H2,1-2H3. The Morgan fingerprint density at radius 2 is 1.06 bits per heavy atom. The first kappa shape index (κ1) is 22.8. The highest BCUT2D eigenvalue weighted by molar-refractivity contribution is 7.80. The molecule has 0 amide bonds. The summed E-state index contributed by atoms with van der Waals surface area (Å²) in [6, 6.07) is 30.8. The van der Waals surface area contributed by atoms with Crippen molar-refractivity contribution in [1.29, 1.82) is 0 Å². The molecule has 0 atom stereocenters. The zero-order valence-corrected chi connectivity index (χ0v) is 22.0. The van der Waals surface area contributed by atoms with Crippen molar-refractivity contribution in [1.82, 2.24) is 0 Å². The van der Waals surface area contributed by atoms with E-state index >= 15 is 0 Å². The zero-order chi connectivity index (χ0) is 23.8. The summed E-state index contributed by atoms with van der Waals surface area (Å²) in [5.41, 5.74) is 12.2. The lowest BCUT2D eigenvalue weighted by molar-refractivity contribution is 0.682. The van der Waals surface area contributed by atoms with Crippen LogP contribution in [-0.2, 0) is 25.7 Å².